The predicted molar refractivity (Wildman–Crippen MR) is 80.3 cm³/mol. The molecular weight excluding hydrogens is 268 g/mol. The highest BCUT2D eigenvalue weighted by Crippen LogP contribution is 2.15. The van der Waals surface area contributed by atoms with Crippen LogP contribution in [-0.2, 0) is 0 Å². The van der Waals surface area contributed by atoms with Crippen LogP contribution in [0.1, 0.15) is 12.0 Å². The van der Waals surface area contributed by atoms with Crippen LogP contribution < -0.4 is 15.4 Å². The average molecular weight is 286 g/mol. The van der Waals surface area contributed by atoms with Gasteiger partial charge in [0, 0.05) is 18.9 Å². The molecule has 1 heterocycles. The van der Waals surface area contributed by atoms with Crippen molar-refractivity contribution in [3.63, 3.8) is 0 Å². The number of benzene rings is 1. The normalized spacial score (nSPS) is 9.95. The van der Waals surface area contributed by atoms with Gasteiger partial charge >= 0.3 is 6.03 Å². The Morgan fingerprint density at radius 1 is 1.19 bits per heavy atom. The number of aryl methyl sites for hydroxylation is 1. The first kappa shape index (κ1) is 14.8. The lowest BCUT2D eigenvalue weighted by Crippen LogP contribution is -2.30. The molecule has 0 saturated heterocycles. The number of anilines is 1. The molecule has 0 fully saturated rings. The first-order chi connectivity index (χ1) is 10.3. The zero-order valence-corrected chi connectivity index (χ0v) is 11.9. The second-order valence-electron chi connectivity index (χ2n) is 4.42. The van der Waals surface area contributed by atoms with Crippen molar-refractivity contribution in [2.75, 3.05) is 18.5 Å². The minimum atomic E-state index is -0.322. The van der Waals surface area contributed by atoms with Crippen LogP contribution in [0.5, 0.6) is 5.75 Å². The maximum atomic E-state index is 11.6. The molecule has 2 rings (SSSR count). The molecule has 0 spiro atoms. The van der Waals surface area contributed by atoms with Gasteiger partial charge in [-0.3, -0.25) is 5.32 Å². The predicted octanol–water partition coefficient (Wildman–Crippen LogP) is 2.38. The summed E-state index contributed by atoms with van der Waals surface area (Å²) in [4.78, 5) is 19.4. The van der Waals surface area contributed by atoms with E-state index in [-0.39, 0.29) is 12.0 Å². The molecule has 2 aromatic rings. The number of aromatic nitrogens is 2. The van der Waals surface area contributed by atoms with Crippen LogP contribution in [0.25, 0.3) is 0 Å². The van der Waals surface area contributed by atoms with Crippen molar-refractivity contribution in [2.24, 2.45) is 0 Å². The van der Waals surface area contributed by atoms with Gasteiger partial charge < -0.3 is 10.1 Å². The van der Waals surface area contributed by atoms with E-state index >= 15 is 0 Å². The van der Waals surface area contributed by atoms with Gasteiger partial charge in [-0.05, 0) is 31.0 Å². The standard InChI is InChI=1S/C15H18N4O2/c1-12-6-2-3-7-13(12)21-11-5-10-18-15(20)19-14-16-8-4-9-17-14/h2-4,6-9H,5,10-11H2,1H3,(H2,16,17,18,19,20). The number of nitrogens with one attached hydrogen (secondary N) is 2. The van der Waals surface area contributed by atoms with E-state index in [1.54, 1.807) is 18.5 Å². The van der Waals surface area contributed by atoms with E-state index in [0.29, 0.717) is 13.2 Å². The Kier molecular flexibility index (Phi) is 5.51. The second kappa shape index (κ2) is 7.84. The fourth-order valence-corrected chi connectivity index (χ4v) is 1.68. The number of rotatable bonds is 6. The number of hydrogen-bond donors (Lipinski definition) is 2. The summed E-state index contributed by atoms with van der Waals surface area (Å²) in [5.74, 6) is 1.16. The molecule has 0 aliphatic heterocycles. The minimum Gasteiger partial charge on any atom is -0.493 e. The lowest BCUT2D eigenvalue weighted by atomic mass is 10.2. The Bertz CT molecular complexity index is 575. The number of hydrogen-bond acceptors (Lipinski definition) is 4. The summed E-state index contributed by atoms with van der Waals surface area (Å²) in [6.07, 6.45) is 3.86. The number of nitrogens with zero attached hydrogens (tertiary/aromatic N) is 2. The highest BCUT2D eigenvalue weighted by molar-refractivity contribution is 5.87. The summed E-state index contributed by atoms with van der Waals surface area (Å²) in [5.41, 5.74) is 1.10. The number of carbonyl (C=O) groups excluding carboxylic acids is 1. The quantitative estimate of drug-likeness (QED) is 0.799. The molecule has 0 bridgehead atoms. The first-order valence-electron chi connectivity index (χ1n) is 6.76. The molecule has 1 aromatic carbocycles. The van der Waals surface area contributed by atoms with Gasteiger partial charge in [0.15, 0.2) is 0 Å². The molecule has 2 amide bonds. The first-order valence-corrected chi connectivity index (χ1v) is 6.76. The molecule has 2 N–H and O–H groups in total. The van der Waals surface area contributed by atoms with Crippen LogP contribution in [0, 0.1) is 6.92 Å². The van der Waals surface area contributed by atoms with Crippen LogP contribution in [0.4, 0.5) is 10.7 Å². The van der Waals surface area contributed by atoms with E-state index in [1.807, 2.05) is 31.2 Å². The number of carbonyl (C=O) groups is 1. The molecule has 0 saturated carbocycles. The summed E-state index contributed by atoms with van der Waals surface area (Å²) in [6, 6.07) is 9.21. The average Bonchev–Trinajstić information content (AvgIpc) is 2.50. The molecule has 0 aliphatic rings. The van der Waals surface area contributed by atoms with E-state index in [1.165, 1.54) is 0 Å². The maximum absolute atomic E-state index is 11.6. The number of amides is 2. The summed E-state index contributed by atoms with van der Waals surface area (Å²) in [6.45, 7) is 3.07. The Balaban J connectivity index is 1.62. The van der Waals surface area contributed by atoms with Crippen molar-refractivity contribution in [1.29, 1.82) is 0 Å². The van der Waals surface area contributed by atoms with Gasteiger partial charge in [0.05, 0.1) is 6.61 Å². The lowest BCUT2D eigenvalue weighted by molar-refractivity contribution is 0.250. The lowest BCUT2D eigenvalue weighted by Gasteiger charge is -2.09. The van der Waals surface area contributed by atoms with Gasteiger partial charge in [0.2, 0.25) is 5.95 Å². The van der Waals surface area contributed by atoms with Gasteiger partial charge in [-0.1, -0.05) is 18.2 Å². The molecule has 0 aliphatic carbocycles. The fraction of sp³-hybridized carbons (Fsp3) is 0.267. The minimum absolute atomic E-state index is 0.283. The van der Waals surface area contributed by atoms with Crippen LogP contribution in [0.15, 0.2) is 42.7 Å². The maximum Gasteiger partial charge on any atom is 0.321 e. The molecule has 0 radical (unpaired) electrons. The highest BCUT2D eigenvalue weighted by atomic mass is 16.5. The highest BCUT2D eigenvalue weighted by Gasteiger charge is 2.02. The van der Waals surface area contributed by atoms with Crippen molar-refractivity contribution in [1.82, 2.24) is 15.3 Å². The van der Waals surface area contributed by atoms with Crippen LogP contribution in [-0.4, -0.2) is 29.2 Å². The number of urea groups is 1. The Labute approximate surface area is 123 Å². The third kappa shape index (κ3) is 5.10. The number of ether oxygens (including phenoxy) is 1. The van der Waals surface area contributed by atoms with Crippen LogP contribution >= 0.6 is 0 Å². The van der Waals surface area contributed by atoms with Crippen molar-refractivity contribution in [3.05, 3.63) is 48.3 Å². The van der Waals surface area contributed by atoms with E-state index in [4.69, 9.17) is 4.74 Å². The van der Waals surface area contributed by atoms with Crippen LogP contribution in [0.2, 0.25) is 0 Å². The summed E-state index contributed by atoms with van der Waals surface area (Å²) in [7, 11) is 0. The Hall–Kier alpha value is -2.63. The molecule has 0 unspecified atom stereocenters. The third-order valence-electron chi connectivity index (χ3n) is 2.75. The second-order valence-corrected chi connectivity index (χ2v) is 4.42. The zero-order valence-electron chi connectivity index (χ0n) is 11.9. The van der Waals surface area contributed by atoms with E-state index in [2.05, 4.69) is 20.6 Å². The van der Waals surface area contributed by atoms with Crippen molar-refractivity contribution in [3.8, 4) is 5.75 Å². The fourth-order valence-electron chi connectivity index (χ4n) is 1.68. The third-order valence-corrected chi connectivity index (χ3v) is 2.75. The number of para-hydroxylation sites is 1. The molecule has 0 atom stereocenters. The van der Waals surface area contributed by atoms with E-state index in [0.717, 1.165) is 17.7 Å². The van der Waals surface area contributed by atoms with Gasteiger partial charge in [0.25, 0.3) is 0 Å². The van der Waals surface area contributed by atoms with Gasteiger partial charge in [0.1, 0.15) is 5.75 Å². The zero-order chi connectivity index (χ0) is 14.9. The molecule has 6 heteroatoms. The topological polar surface area (TPSA) is 76.1 Å². The monoisotopic (exact) mass is 286 g/mol. The smallest absolute Gasteiger partial charge is 0.321 e. The molecule has 6 nitrogen and oxygen atoms in total. The molecule has 21 heavy (non-hydrogen) atoms. The molecule has 1 aromatic heterocycles. The molecular formula is C15H18N4O2. The summed E-state index contributed by atoms with van der Waals surface area (Å²) >= 11 is 0. The largest absolute Gasteiger partial charge is 0.493 e. The van der Waals surface area contributed by atoms with E-state index in [9.17, 15) is 4.79 Å². The Morgan fingerprint density at radius 2 is 1.95 bits per heavy atom. The summed E-state index contributed by atoms with van der Waals surface area (Å²) < 4.78 is 5.64. The SMILES string of the molecule is Cc1ccccc1OCCCNC(=O)Nc1ncccn1. The summed E-state index contributed by atoms with van der Waals surface area (Å²) in [5, 5.41) is 5.27. The van der Waals surface area contributed by atoms with E-state index < -0.39 is 0 Å². The van der Waals surface area contributed by atoms with Crippen molar-refractivity contribution >= 4 is 12.0 Å². The Morgan fingerprint density at radius 3 is 2.71 bits per heavy atom. The van der Waals surface area contributed by atoms with Gasteiger partial charge in [-0.25, -0.2) is 14.8 Å². The molecule has 110 valence electrons. The van der Waals surface area contributed by atoms with Crippen molar-refractivity contribution < 1.29 is 9.53 Å². The van der Waals surface area contributed by atoms with Gasteiger partial charge in [-0.15, -0.1) is 0 Å². The van der Waals surface area contributed by atoms with Crippen LogP contribution in [0.3, 0.4) is 0 Å². The van der Waals surface area contributed by atoms with Gasteiger partial charge in [-0.2, -0.15) is 0 Å². The van der Waals surface area contributed by atoms with Crippen molar-refractivity contribution in [2.45, 2.75) is 13.3 Å².